The molecule has 0 spiro atoms. The van der Waals surface area contributed by atoms with Crippen LogP contribution in [0.5, 0.6) is 0 Å². The number of hydrogen-bond donors (Lipinski definition) is 1. The van der Waals surface area contributed by atoms with Gasteiger partial charge in [-0.25, -0.2) is 0 Å². The summed E-state index contributed by atoms with van der Waals surface area (Å²) < 4.78 is 0. The summed E-state index contributed by atoms with van der Waals surface area (Å²) in [6.45, 7) is 0. The van der Waals surface area contributed by atoms with Gasteiger partial charge in [0.15, 0.2) is 5.78 Å². The minimum absolute atomic E-state index is 0.159. The third-order valence-electron chi connectivity index (χ3n) is 2.56. The molecule has 0 radical (unpaired) electrons. The molecule has 1 aromatic rings. The first kappa shape index (κ1) is 9.40. The van der Waals surface area contributed by atoms with Gasteiger partial charge in [-0.2, -0.15) is 0 Å². The highest BCUT2D eigenvalue weighted by atomic mass is 32.1. The molecular weight excluding hydrogens is 198 g/mol. The molecule has 0 saturated carbocycles. The zero-order chi connectivity index (χ0) is 10.1. The van der Waals surface area contributed by atoms with Crippen LogP contribution in [-0.2, 0) is 4.79 Å². The second-order valence-electron chi connectivity index (χ2n) is 3.53. The first-order chi connectivity index (χ1) is 6.68. The molecule has 1 unspecified atom stereocenters. The Morgan fingerprint density at radius 2 is 2.43 bits per heavy atom. The summed E-state index contributed by atoms with van der Waals surface area (Å²) in [5.74, 6) is 0.0728. The van der Waals surface area contributed by atoms with Crippen LogP contribution in [0.25, 0.3) is 0 Å². The smallest absolute Gasteiger partial charge is 0.218 e. The molecule has 1 aliphatic rings. The van der Waals surface area contributed by atoms with E-state index >= 15 is 0 Å². The van der Waals surface area contributed by atoms with Crippen molar-refractivity contribution in [1.82, 2.24) is 0 Å². The average molecular weight is 209 g/mol. The highest BCUT2D eigenvalue weighted by Gasteiger charge is 2.27. The van der Waals surface area contributed by atoms with Gasteiger partial charge in [0.1, 0.15) is 0 Å². The Balaban J connectivity index is 2.29. The fourth-order valence-electron chi connectivity index (χ4n) is 1.90. The second-order valence-corrected chi connectivity index (χ2v) is 4.45. The van der Waals surface area contributed by atoms with Gasteiger partial charge in [-0.1, -0.05) is 0 Å². The van der Waals surface area contributed by atoms with Crippen LogP contribution in [0.2, 0.25) is 0 Å². The minimum atomic E-state index is -0.290. The van der Waals surface area contributed by atoms with Crippen molar-refractivity contribution in [1.29, 1.82) is 0 Å². The number of hydrogen-bond acceptors (Lipinski definition) is 3. The minimum Gasteiger partial charge on any atom is -0.370 e. The van der Waals surface area contributed by atoms with E-state index in [2.05, 4.69) is 0 Å². The first-order valence-electron chi connectivity index (χ1n) is 4.57. The van der Waals surface area contributed by atoms with Crippen molar-refractivity contribution in [2.24, 2.45) is 5.73 Å². The lowest BCUT2D eigenvalue weighted by Crippen LogP contribution is -2.20. The van der Waals surface area contributed by atoms with Gasteiger partial charge < -0.3 is 5.73 Å². The number of carbonyl (C=O) groups is 2. The molecule has 0 fully saturated rings. The number of thiophene rings is 1. The standard InChI is InChI=1S/C10H11NO2S/c11-9(13)5-6-1-2-8(12)10-7(6)3-4-14-10/h3-4,6H,1-2,5H2,(H2,11,13). The molecule has 4 heteroatoms. The molecule has 0 bridgehead atoms. The first-order valence-corrected chi connectivity index (χ1v) is 5.45. The Hall–Kier alpha value is -1.16. The summed E-state index contributed by atoms with van der Waals surface area (Å²) in [6.07, 6.45) is 1.66. The van der Waals surface area contributed by atoms with Crippen molar-refractivity contribution < 1.29 is 9.59 Å². The topological polar surface area (TPSA) is 60.2 Å². The van der Waals surface area contributed by atoms with Crippen LogP contribution in [0.3, 0.4) is 0 Å². The van der Waals surface area contributed by atoms with Crippen LogP contribution in [0.1, 0.15) is 40.4 Å². The van der Waals surface area contributed by atoms with Crippen LogP contribution >= 0.6 is 11.3 Å². The molecule has 1 aromatic heterocycles. The van der Waals surface area contributed by atoms with Gasteiger partial charge in [0.05, 0.1) is 4.88 Å². The SMILES string of the molecule is NC(=O)CC1CCC(=O)c2sccc21. The van der Waals surface area contributed by atoms with E-state index < -0.39 is 0 Å². The normalized spacial score (nSPS) is 20.6. The van der Waals surface area contributed by atoms with E-state index in [1.807, 2.05) is 11.4 Å². The zero-order valence-corrected chi connectivity index (χ0v) is 8.47. The summed E-state index contributed by atoms with van der Waals surface area (Å²) in [5.41, 5.74) is 6.18. The Labute approximate surface area is 85.9 Å². The molecule has 1 atom stereocenters. The fraction of sp³-hybridized carbons (Fsp3) is 0.400. The van der Waals surface area contributed by atoms with Crippen LogP contribution in [0, 0.1) is 0 Å². The van der Waals surface area contributed by atoms with Gasteiger partial charge in [0, 0.05) is 12.8 Å². The van der Waals surface area contributed by atoms with E-state index in [-0.39, 0.29) is 17.6 Å². The lowest BCUT2D eigenvalue weighted by atomic mass is 9.85. The van der Waals surface area contributed by atoms with Crippen molar-refractivity contribution in [3.63, 3.8) is 0 Å². The highest BCUT2D eigenvalue weighted by molar-refractivity contribution is 7.12. The van der Waals surface area contributed by atoms with Crippen molar-refractivity contribution >= 4 is 23.0 Å². The van der Waals surface area contributed by atoms with E-state index in [1.54, 1.807) is 0 Å². The van der Waals surface area contributed by atoms with Crippen LogP contribution in [0.15, 0.2) is 11.4 Å². The number of ketones is 1. The summed E-state index contributed by atoms with van der Waals surface area (Å²) in [6, 6.07) is 1.94. The summed E-state index contributed by atoms with van der Waals surface area (Å²) in [4.78, 5) is 23.1. The third-order valence-corrected chi connectivity index (χ3v) is 3.53. The number of fused-ring (bicyclic) bond motifs is 1. The average Bonchev–Trinajstić information content (AvgIpc) is 2.58. The Morgan fingerprint density at radius 1 is 1.64 bits per heavy atom. The maximum Gasteiger partial charge on any atom is 0.218 e. The van der Waals surface area contributed by atoms with Gasteiger partial charge >= 0.3 is 0 Å². The fourth-order valence-corrected chi connectivity index (χ4v) is 2.85. The largest absolute Gasteiger partial charge is 0.370 e. The molecule has 0 saturated heterocycles. The predicted octanol–water partition coefficient (Wildman–Crippen LogP) is 1.68. The molecule has 2 rings (SSSR count). The molecular formula is C10H11NO2S. The van der Waals surface area contributed by atoms with E-state index in [9.17, 15) is 9.59 Å². The Morgan fingerprint density at radius 3 is 3.14 bits per heavy atom. The molecule has 14 heavy (non-hydrogen) atoms. The number of rotatable bonds is 2. The summed E-state index contributed by atoms with van der Waals surface area (Å²) >= 11 is 1.46. The molecule has 74 valence electrons. The van der Waals surface area contributed by atoms with E-state index in [4.69, 9.17) is 5.73 Å². The lowest BCUT2D eigenvalue weighted by molar-refractivity contribution is -0.118. The number of carbonyl (C=O) groups excluding carboxylic acids is 2. The molecule has 1 heterocycles. The molecule has 1 amide bonds. The molecule has 2 N–H and O–H groups in total. The van der Waals surface area contributed by atoms with Crippen LogP contribution in [0.4, 0.5) is 0 Å². The maximum atomic E-state index is 11.5. The van der Waals surface area contributed by atoms with E-state index in [0.717, 1.165) is 16.9 Å². The zero-order valence-electron chi connectivity index (χ0n) is 7.66. The second kappa shape index (κ2) is 3.53. The quantitative estimate of drug-likeness (QED) is 0.805. The van der Waals surface area contributed by atoms with E-state index in [1.165, 1.54) is 11.3 Å². The Kier molecular flexibility index (Phi) is 2.37. The number of amides is 1. The van der Waals surface area contributed by atoms with Crippen LogP contribution < -0.4 is 5.73 Å². The summed E-state index contributed by atoms with van der Waals surface area (Å²) in [5, 5.41) is 1.90. The third kappa shape index (κ3) is 1.57. The molecule has 1 aliphatic carbocycles. The van der Waals surface area contributed by atoms with Gasteiger partial charge in [-0.15, -0.1) is 11.3 Å². The van der Waals surface area contributed by atoms with Gasteiger partial charge in [0.2, 0.25) is 5.91 Å². The predicted molar refractivity (Wildman–Crippen MR) is 54.4 cm³/mol. The maximum absolute atomic E-state index is 11.5. The molecule has 3 nitrogen and oxygen atoms in total. The van der Waals surface area contributed by atoms with Gasteiger partial charge in [-0.3, -0.25) is 9.59 Å². The highest BCUT2D eigenvalue weighted by Crippen LogP contribution is 2.36. The number of Topliss-reactive ketones (excluding diaryl/α,β-unsaturated/α-hetero) is 1. The van der Waals surface area contributed by atoms with Gasteiger partial charge in [-0.05, 0) is 29.3 Å². The van der Waals surface area contributed by atoms with Crippen molar-refractivity contribution in [3.05, 3.63) is 21.9 Å². The Bertz CT molecular complexity index is 383. The monoisotopic (exact) mass is 209 g/mol. The summed E-state index contributed by atoms with van der Waals surface area (Å²) in [7, 11) is 0. The van der Waals surface area contributed by atoms with Crippen molar-refractivity contribution in [3.8, 4) is 0 Å². The number of primary amides is 1. The van der Waals surface area contributed by atoms with Crippen LogP contribution in [-0.4, -0.2) is 11.7 Å². The number of nitrogens with two attached hydrogens (primary N) is 1. The molecule has 0 aromatic carbocycles. The van der Waals surface area contributed by atoms with E-state index in [0.29, 0.717) is 12.8 Å². The van der Waals surface area contributed by atoms with Crippen molar-refractivity contribution in [2.45, 2.75) is 25.2 Å². The van der Waals surface area contributed by atoms with Gasteiger partial charge in [0.25, 0.3) is 0 Å². The molecule has 0 aliphatic heterocycles. The lowest BCUT2D eigenvalue weighted by Gasteiger charge is -2.20. The van der Waals surface area contributed by atoms with Crippen molar-refractivity contribution in [2.75, 3.05) is 0 Å².